The van der Waals surface area contributed by atoms with Crippen molar-refractivity contribution in [3.63, 3.8) is 0 Å². The summed E-state index contributed by atoms with van der Waals surface area (Å²) < 4.78 is 16.7. The molecule has 0 radical (unpaired) electrons. The van der Waals surface area contributed by atoms with Crippen molar-refractivity contribution < 1.29 is 76.9 Å². The van der Waals surface area contributed by atoms with Gasteiger partial charge in [-0.1, -0.05) is 125 Å². The highest BCUT2D eigenvalue weighted by molar-refractivity contribution is 6.12. The number of nitrogens with one attached hydrogen (secondary N) is 4. The molecule has 2 aliphatic heterocycles. The van der Waals surface area contributed by atoms with E-state index in [0.29, 0.717) is 70.1 Å². The molecule has 2 aromatic carbocycles. The maximum absolute atomic E-state index is 14.4. The Balaban J connectivity index is 0.000000530. The van der Waals surface area contributed by atoms with Crippen molar-refractivity contribution in [1.29, 1.82) is 0 Å². The SMILES string of the molecule is CC[C@H](C)[C@@H]([C@@H](CC(=O)N1CCC[C@H]1[C@H](OC)[C@@H](C)C(=O)N[C@@H](Cc1ccccc1)C(=O)O)OC)N(C)C(=O)[C@@H](CC(=O)[C@H](C(C)C)N(C)C(=O)OC)C(C)C.CCc1ccc(NC(=O)[C@H](CCCNC(N)=O)CC(=O)[C@@H](NC(=O)CCCCCN2C(=O)C=CC2=O)C(C)C)cc1. The maximum Gasteiger partial charge on any atom is 0.409 e. The van der Waals surface area contributed by atoms with Crippen molar-refractivity contribution >= 4 is 76.7 Å². The third-order valence-corrected chi connectivity index (χ3v) is 18.5. The van der Waals surface area contributed by atoms with E-state index in [1.807, 2.05) is 105 Å². The molecule has 4 rings (SSSR count). The van der Waals surface area contributed by atoms with E-state index in [0.717, 1.165) is 17.5 Å². The Morgan fingerprint density at radius 1 is 0.711 bits per heavy atom. The molecule has 0 spiro atoms. The Morgan fingerprint density at radius 2 is 1.35 bits per heavy atom. The molecule has 25 heteroatoms. The van der Waals surface area contributed by atoms with E-state index < -0.39 is 84.2 Å². The highest BCUT2D eigenvalue weighted by Crippen LogP contribution is 2.32. The van der Waals surface area contributed by atoms with Crippen molar-refractivity contribution in [3.05, 3.63) is 77.9 Å². The minimum atomic E-state index is -1.15. The lowest BCUT2D eigenvalue weighted by atomic mass is 9.83. The number of aryl methyl sites for hydroxylation is 1. The Hall–Kier alpha value is -8.06. The zero-order valence-corrected chi connectivity index (χ0v) is 59.9. The van der Waals surface area contributed by atoms with Crippen LogP contribution in [0.25, 0.3) is 0 Å². The number of methoxy groups -OCH3 is 3. The predicted octanol–water partition coefficient (Wildman–Crippen LogP) is 7.51. The molecule has 1 fully saturated rings. The van der Waals surface area contributed by atoms with Gasteiger partial charge in [-0.05, 0) is 91.9 Å². The van der Waals surface area contributed by atoms with E-state index in [1.54, 1.807) is 35.9 Å². The second-order valence-corrected chi connectivity index (χ2v) is 26.6. The minimum absolute atomic E-state index is 0.0422. The molecule has 97 heavy (non-hydrogen) atoms. The number of ether oxygens (including phenoxy) is 3. The third-order valence-electron chi connectivity index (χ3n) is 18.5. The average molecular weight is 1360 g/mol. The van der Waals surface area contributed by atoms with Crippen LogP contribution in [0.5, 0.6) is 0 Å². The van der Waals surface area contributed by atoms with Crippen LogP contribution >= 0.6 is 0 Å². The number of likely N-dealkylation sites (tertiary alicyclic amines) is 1. The zero-order chi connectivity index (χ0) is 72.8. The summed E-state index contributed by atoms with van der Waals surface area (Å²) in [6, 6.07) is 12.3. The molecule has 0 saturated carbocycles. The van der Waals surface area contributed by atoms with Gasteiger partial charge in [0.15, 0.2) is 11.6 Å². The summed E-state index contributed by atoms with van der Waals surface area (Å²) in [4.78, 5) is 159. The molecule has 0 bridgehead atoms. The van der Waals surface area contributed by atoms with E-state index in [2.05, 4.69) is 21.3 Å². The van der Waals surface area contributed by atoms with Gasteiger partial charge in [-0.15, -0.1) is 0 Å². The van der Waals surface area contributed by atoms with Crippen molar-refractivity contribution in [2.24, 2.45) is 47.2 Å². The largest absolute Gasteiger partial charge is 0.480 e. The molecular formula is C72H111N9O16. The first kappa shape index (κ1) is 83.2. The van der Waals surface area contributed by atoms with Gasteiger partial charge in [-0.3, -0.25) is 48.1 Å². The van der Waals surface area contributed by atoms with E-state index in [9.17, 15) is 62.6 Å². The number of rotatable bonds is 40. The lowest BCUT2D eigenvalue weighted by molar-refractivity contribution is -0.149. The summed E-state index contributed by atoms with van der Waals surface area (Å²) in [7, 11) is 7.47. The monoisotopic (exact) mass is 1360 g/mol. The fourth-order valence-corrected chi connectivity index (χ4v) is 12.7. The maximum atomic E-state index is 14.4. The fourth-order valence-electron chi connectivity index (χ4n) is 12.7. The van der Waals surface area contributed by atoms with Crippen LogP contribution in [0.1, 0.15) is 157 Å². The van der Waals surface area contributed by atoms with Crippen LogP contribution in [0, 0.1) is 41.4 Å². The summed E-state index contributed by atoms with van der Waals surface area (Å²) in [5, 5.41) is 20.8. The van der Waals surface area contributed by atoms with Gasteiger partial charge in [0, 0.05) is 103 Å². The number of carbonyl (C=O) groups excluding carboxylic acids is 11. The molecule has 11 atom stereocenters. The number of nitrogens with zero attached hydrogens (tertiary/aromatic N) is 4. The first-order valence-electron chi connectivity index (χ1n) is 34.2. The molecule has 1 saturated heterocycles. The predicted molar refractivity (Wildman–Crippen MR) is 368 cm³/mol. The summed E-state index contributed by atoms with van der Waals surface area (Å²) in [6.45, 7) is 19.9. The fraction of sp³-hybridized carbons (Fsp3) is 0.639. The van der Waals surface area contributed by atoms with Crippen LogP contribution in [-0.2, 0) is 75.0 Å². The zero-order valence-electron chi connectivity index (χ0n) is 59.9. The van der Waals surface area contributed by atoms with E-state index in [-0.39, 0.29) is 109 Å². The van der Waals surface area contributed by atoms with Crippen LogP contribution in [0.15, 0.2) is 66.7 Å². The molecule has 0 aliphatic carbocycles. The number of carbonyl (C=O) groups is 12. The first-order valence-corrected chi connectivity index (χ1v) is 34.2. The number of anilines is 1. The number of hydrogen-bond acceptors (Lipinski definition) is 15. The molecular weight excluding hydrogens is 1250 g/mol. The highest BCUT2D eigenvalue weighted by Gasteiger charge is 2.44. The second kappa shape index (κ2) is 41.9. The Labute approximate surface area is 573 Å². The van der Waals surface area contributed by atoms with Crippen molar-refractivity contribution in [1.82, 2.24) is 35.6 Å². The van der Waals surface area contributed by atoms with Gasteiger partial charge in [0.2, 0.25) is 29.5 Å². The summed E-state index contributed by atoms with van der Waals surface area (Å²) in [5.74, 6) is -6.60. The topological polar surface area (TPSA) is 340 Å². The number of unbranched alkanes of at least 4 members (excludes halogenated alkanes) is 2. The van der Waals surface area contributed by atoms with Crippen molar-refractivity contribution in [2.45, 2.75) is 202 Å². The highest BCUT2D eigenvalue weighted by atomic mass is 16.5. The smallest absolute Gasteiger partial charge is 0.409 e. The standard InChI is InChI=1S/C42H68N4O10.C30H43N5O6/c1-13-27(6)37(44(8)40(50)30(25(2)3)23-33(47)36(26(4)5)45(9)42(53)56-12)34(54-10)24-35(48)46-21-17-20-32(46)38(55-11)28(7)39(49)43-31(41(51)52)22-29-18-15-14-16-19-29;1-4-21-11-13-23(14-12-21)33-29(40)22(9-8-17-32-30(31)41)19-24(36)28(20(2)3)34-25(37)10-6-5-7-18-35-26(38)15-16-27(35)39/h14-16,18-19,25-28,30-32,34,36-38H,13,17,20-24H2,1-12H3,(H,43,49)(H,51,52);11-16,20,22,28H,4-10,17-19H2,1-3H3,(H,33,40)(H,34,37)(H3,31,32,41)/t27-,28+,30-,31-,32-,34+,36-,37-,38+;22-,28+/m01/s1. The molecule has 10 amide bonds. The van der Waals surface area contributed by atoms with Crippen LogP contribution < -0.4 is 27.0 Å². The van der Waals surface area contributed by atoms with Crippen LogP contribution in [-0.4, -0.2) is 193 Å². The summed E-state index contributed by atoms with van der Waals surface area (Å²) >= 11 is 0. The summed E-state index contributed by atoms with van der Waals surface area (Å²) in [5.41, 5.74) is 7.67. The number of amides is 10. The molecule has 2 aliphatic rings. The summed E-state index contributed by atoms with van der Waals surface area (Å²) in [6.07, 6.45) is 6.00. The molecule has 25 nitrogen and oxygen atoms in total. The van der Waals surface area contributed by atoms with Gasteiger partial charge >= 0.3 is 18.1 Å². The van der Waals surface area contributed by atoms with Gasteiger partial charge in [-0.25, -0.2) is 14.4 Å². The third kappa shape index (κ3) is 26.0. The number of carboxylic acids is 1. The van der Waals surface area contributed by atoms with Gasteiger partial charge in [0.25, 0.3) is 11.8 Å². The molecule has 0 unspecified atom stereocenters. The Morgan fingerprint density at radius 3 is 1.89 bits per heavy atom. The van der Waals surface area contributed by atoms with Crippen molar-refractivity contribution in [3.8, 4) is 0 Å². The number of carboxylic acid groups (broad SMARTS) is 1. The second-order valence-electron chi connectivity index (χ2n) is 26.6. The molecule has 0 aromatic heterocycles. The number of nitrogens with two attached hydrogens (primary N) is 1. The number of urea groups is 1. The van der Waals surface area contributed by atoms with E-state index >= 15 is 0 Å². The van der Waals surface area contributed by atoms with Crippen LogP contribution in [0.3, 0.4) is 0 Å². The number of likely N-dealkylation sites (N-methyl/N-ethyl adjacent to an activating group) is 2. The lowest BCUT2D eigenvalue weighted by Crippen LogP contribution is -2.55. The number of Topliss-reactive ketones (excluding diaryl/α,β-unsaturated/α-hetero) is 2. The van der Waals surface area contributed by atoms with Crippen molar-refractivity contribution in [2.75, 3.05) is 60.4 Å². The molecule has 7 N–H and O–H groups in total. The Kier molecular flexibility index (Phi) is 35.9. The van der Waals surface area contributed by atoms with Crippen LogP contribution in [0.2, 0.25) is 0 Å². The minimum Gasteiger partial charge on any atom is -0.480 e. The molecule has 2 heterocycles. The molecule has 2 aromatic rings. The first-order chi connectivity index (χ1) is 45.9. The van der Waals surface area contributed by atoms with Crippen LogP contribution in [0.4, 0.5) is 15.3 Å². The van der Waals surface area contributed by atoms with E-state index in [4.69, 9.17) is 19.9 Å². The van der Waals surface area contributed by atoms with Gasteiger partial charge < -0.3 is 61.0 Å². The number of primary amides is 1. The number of aliphatic carboxylic acids is 1. The quantitative estimate of drug-likeness (QED) is 0.0278. The molecule has 540 valence electrons. The number of hydrogen-bond donors (Lipinski definition) is 6. The van der Waals surface area contributed by atoms with Gasteiger partial charge in [0.05, 0.1) is 55.8 Å². The van der Waals surface area contributed by atoms with E-state index in [1.165, 1.54) is 50.3 Å². The van der Waals surface area contributed by atoms with Gasteiger partial charge in [0.1, 0.15) is 6.04 Å². The Bertz CT molecular complexity index is 2940. The average Bonchev–Trinajstić information content (AvgIpc) is 1.76. The number of benzene rings is 2. The lowest BCUT2D eigenvalue weighted by Gasteiger charge is -2.41. The normalized spacial score (nSPS) is 16.7. The number of imide groups is 1. The van der Waals surface area contributed by atoms with Gasteiger partial charge in [-0.2, -0.15) is 0 Å². The number of ketones is 2.